The number of hydrogen-bond donors (Lipinski definition) is 0. The fraction of sp³-hybridized carbons (Fsp3) is 0.300. The van der Waals surface area contributed by atoms with Crippen molar-refractivity contribution in [1.82, 2.24) is 0 Å². The average molecular weight is 183 g/mol. The van der Waals surface area contributed by atoms with Crippen molar-refractivity contribution in [3.8, 4) is 0 Å². The fourth-order valence-corrected chi connectivity index (χ4v) is 1.37. The van der Waals surface area contributed by atoms with Crippen molar-refractivity contribution >= 4 is 16.8 Å². The maximum atomic E-state index is 10.6. The maximum Gasteiger partial charge on any atom is 0.222 e. The Kier molecular flexibility index (Phi) is 3.30. The molecule has 1 atom stereocenters. The Labute approximate surface area is 77.4 Å². The molecule has 0 spiro atoms. The van der Waals surface area contributed by atoms with Gasteiger partial charge in [-0.1, -0.05) is 37.3 Å². The van der Waals surface area contributed by atoms with E-state index in [9.17, 15) is 4.79 Å². The molecule has 0 aromatic heterocycles. The first-order valence-corrected chi connectivity index (χ1v) is 4.31. The largest absolute Gasteiger partial charge is 0.281 e. The van der Waals surface area contributed by atoms with Gasteiger partial charge >= 0.3 is 0 Å². The van der Waals surface area contributed by atoms with E-state index in [1.54, 1.807) is 0 Å². The molecule has 1 rings (SSSR count). The van der Waals surface area contributed by atoms with Gasteiger partial charge in [-0.15, -0.1) is 0 Å². The Bertz CT molecular complexity index is 256. The lowest BCUT2D eigenvalue weighted by Gasteiger charge is -2.07. The zero-order valence-electron chi connectivity index (χ0n) is 6.96. The molecule has 0 fully saturated rings. The van der Waals surface area contributed by atoms with Crippen LogP contribution in [-0.4, -0.2) is 5.24 Å². The molecule has 0 aliphatic heterocycles. The zero-order valence-corrected chi connectivity index (χ0v) is 7.71. The van der Waals surface area contributed by atoms with E-state index in [4.69, 9.17) is 11.6 Å². The van der Waals surface area contributed by atoms with Crippen molar-refractivity contribution in [3.63, 3.8) is 0 Å². The Hall–Kier alpha value is -0.820. The van der Waals surface area contributed by atoms with Crippen LogP contribution in [0, 0.1) is 0 Å². The Morgan fingerprint density at radius 2 is 2.00 bits per heavy atom. The highest BCUT2D eigenvalue weighted by Gasteiger charge is 2.07. The van der Waals surface area contributed by atoms with E-state index >= 15 is 0 Å². The summed E-state index contributed by atoms with van der Waals surface area (Å²) in [5.74, 6) is 0.219. The monoisotopic (exact) mass is 182 g/mol. The molecule has 0 unspecified atom stereocenters. The van der Waals surface area contributed by atoms with Gasteiger partial charge in [0.25, 0.3) is 0 Å². The first kappa shape index (κ1) is 9.27. The van der Waals surface area contributed by atoms with Gasteiger partial charge < -0.3 is 0 Å². The SMILES string of the molecule is C[C@H](CC(=O)Cl)c1ccccc1. The average Bonchev–Trinajstić information content (AvgIpc) is 2.05. The van der Waals surface area contributed by atoms with Crippen molar-refractivity contribution in [2.45, 2.75) is 19.3 Å². The lowest BCUT2D eigenvalue weighted by Crippen LogP contribution is -1.97. The van der Waals surface area contributed by atoms with Gasteiger partial charge in [-0.05, 0) is 23.1 Å². The Morgan fingerprint density at radius 1 is 1.42 bits per heavy atom. The summed E-state index contributed by atoms with van der Waals surface area (Å²) < 4.78 is 0. The molecule has 0 aliphatic rings. The normalized spacial score (nSPS) is 12.5. The summed E-state index contributed by atoms with van der Waals surface area (Å²) in [5, 5.41) is -0.272. The standard InChI is InChI=1S/C10H11ClO/c1-8(7-10(11)12)9-5-3-2-4-6-9/h2-6,8H,7H2,1H3/t8-/m1/s1. The van der Waals surface area contributed by atoms with Crippen LogP contribution in [0.4, 0.5) is 0 Å². The zero-order chi connectivity index (χ0) is 8.97. The molecule has 0 radical (unpaired) electrons. The highest BCUT2D eigenvalue weighted by Crippen LogP contribution is 2.19. The van der Waals surface area contributed by atoms with E-state index < -0.39 is 0 Å². The minimum Gasteiger partial charge on any atom is -0.281 e. The van der Waals surface area contributed by atoms with Crippen LogP contribution in [0.5, 0.6) is 0 Å². The summed E-state index contributed by atoms with van der Waals surface area (Å²) in [7, 11) is 0. The van der Waals surface area contributed by atoms with Gasteiger partial charge in [-0.2, -0.15) is 0 Å². The van der Waals surface area contributed by atoms with E-state index in [1.807, 2.05) is 37.3 Å². The summed E-state index contributed by atoms with van der Waals surface area (Å²) in [6, 6.07) is 9.89. The van der Waals surface area contributed by atoms with Crippen LogP contribution < -0.4 is 0 Å². The third-order valence-corrected chi connectivity index (χ3v) is 1.99. The summed E-state index contributed by atoms with van der Waals surface area (Å²) in [6.07, 6.45) is 0.408. The lowest BCUT2D eigenvalue weighted by molar-refractivity contribution is -0.111. The number of carbonyl (C=O) groups is 1. The first-order valence-electron chi connectivity index (χ1n) is 3.93. The van der Waals surface area contributed by atoms with Crippen molar-refractivity contribution in [3.05, 3.63) is 35.9 Å². The highest BCUT2D eigenvalue weighted by atomic mass is 35.5. The molecule has 0 aliphatic carbocycles. The molecule has 12 heavy (non-hydrogen) atoms. The van der Waals surface area contributed by atoms with E-state index in [1.165, 1.54) is 0 Å². The van der Waals surface area contributed by atoms with Gasteiger partial charge in [0.1, 0.15) is 0 Å². The molecule has 0 amide bonds. The molecule has 64 valence electrons. The summed E-state index contributed by atoms with van der Waals surface area (Å²) in [5.41, 5.74) is 1.16. The molecule has 1 nitrogen and oxygen atoms in total. The van der Waals surface area contributed by atoms with Crippen molar-refractivity contribution in [2.75, 3.05) is 0 Å². The van der Waals surface area contributed by atoms with Crippen LogP contribution in [0.15, 0.2) is 30.3 Å². The molecule has 0 bridgehead atoms. The molecule has 1 aromatic rings. The molecule has 0 saturated heterocycles. The van der Waals surface area contributed by atoms with Crippen molar-refractivity contribution in [2.24, 2.45) is 0 Å². The summed E-state index contributed by atoms with van der Waals surface area (Å²) in [4.78, 5) is 10.6. The van der Waals surface area contributed by atoms with Crippen molar-refractivity contribution in [1.29, 1.82) is 0 Å². The van der Waals surface area contributed by atoms with Gasteiger partial charge in [-0.3, -0.25) is 4.79 Å². The van der Waals surface area contributed by atoms with E-state index in [2.05, 4.69) is 0 Å². The van der Waals surface area contributed by atoms with E-state index in [0.29, 0.717) is 6.42 Å². The predicted octanol–water partition coefficient (Wildman–Crippen LogP) is 2.95. The van der Waals surface area contributed by atoms with Crippen LogP contribution in [-0.2, 0) is 4.79 Å². The van der Waals surface area contributed by atoms with E-state index in [0.717, 1.165) is 5.56 Å². The second-order valence-electron chi connectivity index (χ2n) is 2.87. The molecular weight excluding hydrogens is 172 g/mol. The van der Waals surface area contributed by atoms with Crippen LogP contribution in [0.1, 0.15) is 24.8 Å². The predicted molar refractivity (Wildman–Crippen MR) is 50.3 cm³/mol. The molecule has 0 saturated carbocycles. The Morgan fingerprint density at radius 3 is 2.50 bits per heavy atom. The molecule has 0 heterocycles. The summed E-state index contributed by atoms with van der Waals surface area (Å²) >= 11 is 5.28. The highest BCUT2D eigenvalue weighted by molar-refractivity contribution is 6.63. The molecule has 0 N–H and O–H groups in total. The second kappa shape index (κ2) is 4.27. The minimum absolute atomic E-state index is 0.219. The number of halogens is 1. The van der Waals surface area contributed by atoms with Crippen LogP contribution in [0.2, 0.25) is 0 Å². The van der Waals surface area contributed by atoms with E-state index in [-0.39, 0.29) is 11.2 Å². The summed E-state index contributed by atoms with van der Waals surface area (Å²) in [6.45, 7) is 2.00. The van der Waals surface area contributed by atoms with Gasteiger partial charge in [-0.25, -0.2) is 0 Å². The number of carbonyl (C=O) groups excluding carboxylic acids is 1. The third-order valence-electron chi connectivity index (χ3n) is 1.84. The molecule has 1 aromatic carbocycles. The van der Waals surface area contributed by atoms with Gasteiger partial charge in [0.15, 0.2) is 0 Å². The number of hydrogen-bond acceptors (Lipinski definition) is 1. The molecule has 2 heteroatoms. The fourth-order valence-electron chi connectivity index (χ4n) is 1.14. The van der Waals surface area contributed by atoms with Crippen molar-refractivity contribution < 1.29 is 4.79 Å². The van der Waals surface area contributed by atoms with Crippen LogP contribution in [0.25, 0.3) is 0 Å². The van der Waals surface area contributed by atoms with Gasteiger partial charge in [0, 0.05) is 6.42 Å². The van der Waals surface area contributed by atoms with Gasteiger partial charge in [0.2, 0.25) is 5.24 Å². The first-order chi connectivity index (χ1) is 5.70. The minimum atomic E-state index is -0.272. The van der Waals surface area contributed by atoms with Crippen LogP contribution in [0.3, 0.4) is 0 Å². The third kappa shape index (κ3) is 2.67. The van der Waals surface area contributed by atoms with Gasteiger partial charge in [0.05, 0.1) is 0 Å². The number of benzene rings is 1. The number of rotatable bonds is 3. The van der Waals surface area contributed by atoms with Crippen LogP contribution >= 0.6 is 11.6 Å². The second-order valence-corrected chi connectivity index (χ2v) is 3.29. The Balaban J connectivity index is 2.65. The quantitative estimate of drug-likeness (QED) is 0.657. The lowest BCUT2D eigenvalue weighted by atomic mass is 9.99. The topological polar surface area (TPSA) is 17.1 Å². The molecular formula is C10H11ClO. The smallest absolute Gasteiger partial charge is 0.222 e. The maximum absolute atomic E-state index is 10.6.